The molecule has 0 N–H and O–H groups in total. The van der Waals surface area contributed by atoms with Crippen LogP contribution in [0.4, 0.5) is 0 Å². The quantitative estimate of drug-likeness (QED) is 0.616. The molecule has 96 valence electrons. The van der Waals surface area contributed by atoms with E-state index in [1.165, 1.54) is 50.9 Å². The topological polar surface area (TPSA) is 0 Å². The van der Waals surface area contributed by atoms with Crippen LogP contribution >= 0.6 is 0 Å². The third kappa shape index (κ3) is 1.36. The van der Waals surface area contributed by atoms with Crippen molar-refractivity contribution in [3.63, 3.8) is 0 Å². The summed E-state index contributed by atoms with van der Waals surface area (Å²) in [5.41, 5.74) is 2.37. The minimum atomic E-state index is 0.697. The van der Waals surface area contributed by atoms with Crippen molar-refractivity contribution in [1.82, 2.24) is 0 Å². The average Bonchev–Trinajstić information content (AvgIpc) is 3.04. The largest absolute Gasteiger partial charge is 0.0591 e. The summed E-state index contributed by atoms with van der Waals surface area (Å²) < 4.78 is 0. The summed E-state index contributed by atoms with van der Waals surface area (Å²) in [6.07, 6.45) is 15.4. The zero-order chi connectivity index (χ0) is 11.7. The van der Waals surface area contributed by atoms with Gasteiger partial charge >= 0.3 is 0 Å². The molecule has 2 atom stereocenters. The Labute approximate surface area is 107 Å². The van der Waals surface area contributed by atoms with E-state index in [0.717, 1.165) is 16.7 Å². The van der Waals surface area contributed by atoms with E-state index in [1.807, 2.05) is 0 Å². The molecule has 2 unspecified atom stereocenters. The highest BCUT2D eigenvalue weighted by Crippen LogP contribution is 2.89. The minimum absolute atomic E-state index is 0.697. The molecule has 4 saturated carbocycles. The summed E-state index contributed by atoms with van der Waals surface area (Å²) >= 11 is 0. The third-order valence-electron chi connectivity index (χ3n) is 7.51. The van der Waals surface area contributed by atoms with Crippen molar-refractivity contribution < 1.29 is 0 Å². The van der Waals surface area contributed by atoms with E-state index in [1.54, 1.807) is 19.3 Å². The molecular weight excluding hydrogens is 204 g/mol. The normalized spacial score (nSPS) is 55.4. The molecule has 4 aliphatic carbocycles. The Morgan fingerprint density at radius 2 is 1.29 bits per heavy atom. The number of rotatable bonds is 2. The van der Waals surface area contributed by atoms with Crippen molar-refractivity contribution in [2.45, 2.75) is 78.1 Å². The predicted octanol–water partition coefficient (Wildman–Crippen LogP) is 5.17. The lowest BCUT2D eigenvalue weighted by Gasteiger charge is -2.39. The maximum Gasteiger partial charge on any atom is -0.0229 e. The average molecular weight is 232 g/mol. The second-order valence-corrected chi connectivity index (χ2v) is 8.34. The Balaban J connectivity index is 1.51. The second-order valence-electron chi connectivity index (χ2n) is 8.34. The summed E-state index contributed by atoms with van der Waals surface area (Å²) in [5, 5.41) is 0. The van der Waals surface area contributed by atoms with E-state index >= 15 is 0 Å². The molecule has 0 nitrogen and oxygen atoms in total. The molecular formula is C17H28. The van der Waals surface area contributed by atoms with E-state index in [-0.39, 0.29) is 0 Å². The van der Waals surface area contributed by atoms with Crippen molar-refractivity contribution in [3.05, 3.63) is 0 Å². The van der Waals surface area contributed by atoms with Crippen molar-refractivity contribution >= 4 is 0 Å². The van der Waals surface area contributed by atoms with Gasteiger partial charge in [-0.15, -0.1) is 0 Å². The second kappa shape index (κ2) is 3.11. The molecule has 4 rings (SSSR count). The number of fused-ring (bicyclic) bond motifs is 1. The molecule has 4 aliphatic rings. The Kier molecular flexibility index (Phi) is 1.99. The van der Waals surface area contributed by atoms with Gasteiger partial charge in [-0.3, -0.25) is 0 Å². The van der Waals surface area contributed by atoms with Crippen molar-refractivity contribution in [2.24, 2.45) is 28.1 Å². The van der Waals surface area contributed by atoms with Gasteiger partial charge in [0.2, 0.25) is 0 Å². The summed E-state index contributed by atoms with van der Waals surface area (Å²) in [6, 6.07) is 0. The van der Waals surface area contributed by atoms with Gasteiger partial charge in [-0.1, -0.05) is 46.0 Å². The van der Waals surface area contributed by atoms with Crippen LogP contribution < -0.4 is 0 Å². The van der Waals surface area contributed by atoms with Gasteiger partial charge in [0.05, 0.1) is 0 Å². The highest BCUT2D eigenvalue weighted by molar-refractivity contribution is 5.30. The SMILES string of the molecule is CC1(C2(C)CC2C23CC2C3)CCCCCCC1. The van der Waals surface area contributed by atoms with Gasteiger partial charge in [-0.25, -0.2) is 0 Å². The first kappa shape index (κ1) is 10.9. The summed E-state index contributed by atoms with van der Waals surface area (Å²) in [7, 11) is 0. The predicted molar refractivity (Wildman–Crippen MR) is 71.8 cm³/mol. The molecule has 0 aliphatic heterocycles. The Morgan fingerprint density at radius 1 is 0.765 bits per heavy atom. The summed E-state index contributed by atoms with van der Waals surface area (Å²) in [5.74, 6) is 2.34. The summed E-state index contributed by atoms with van der Waals surface area (Å²) in [4.78, 5) is 0. The van der Waals surface area contributed by atoms with Gasteiger partial charge in [-0.05, 0) is 60.2 Å². The lowest BCUT2D eigenvalue weighted by atomic mass is 9.65. The lowest BCUT2D eigenvalue weighted by Crippen LogP contribution is -2.30. The maximum absolute atomic E-state index is 2.65. The standard InChI is InChI=1S/C17H28/c1-15(8-6-4-3-5-7-9-15)16(2)12-14(16)17-10-13(17)11-17/h13-14H,3-12H2,1-2H3. The lowest BCUT2D eigenvalue weighted by molar-refractivity contribution is 0.105. The highest BCUT2D eigenvalue weighted by atomic mass is 14.9. The van der Waals surface area contributed by atoms with Crippen LogP contribution in [-0.4, -0.2) is 0 Å². The fourth-order valence-electron chi connectivity index (χ4n) is 5.44. The van der Waals surface area contributed by atoms with Gasteiger partial charge in [0, 0.05) is 0 Å². The van der Waals surface area contributed by atoms with E-state index in [9.17, 15) is 0 Å². The molecule has 0 bridgehead atoms. The first-order valence-corrected chi connectivity index (χ1v) is 8.11. The zero-order valence-corrected chi connectivity index (χ0v) is 11.7. The van der Waals surface area contributed by atoms with Gasteiger partial charge in [-0.2, -0.15) is 0 Å². The molecule has 0 aromatic heterocycles. The van der Waals surface area contributed by atoms with Gasteiger partial charge < -0.3 is 0 Å². The smallest absolute Gasteiger partial charge is 0.0229 e. The van der Waals surface area contributed by atoms with Crippen LogP contribution in [0.5, 0.6) is 0 Å². The molecule has 0 radical (unpaired) electrons. The molecule has 4 fully saturated rings. The molecule has 0 saturated heterocycles. The van der Waals surface area contributed by atoms with E-state index in [2.05, 4.69) is 13.8 Å². The molecule has 17 heavy (non-hydrogen) atoms. The first-order chi connectivity index (χ1) is 8.11. The first-order valence-electron chi connectivity index (χ1n) is 8.11. The van der Waals surface area contributed by atoms with E-state index < -0.39 is 0 Å². The fraction of sp³-hybridized carbons (Fsp3) is 1.00. The zero-order valence-electron chi connectivity index (χ0n) is 11.7. The van der Waals surface area contributed by atoms with Crippen molar-refractivity contribution in [2.75, 3.05) is 0 Å². The van der Waals surface area contributed by atoms with Gasteiger partial charge in [0.25, 0.3) is 0 Å². The molecule has 0 heteroatoms. The molecule has 0 heterocycles. The highest BCUT2D eigenvalue weighted by Gasteiger charge is 2.81. The van der Waals surface area contributed by atoms with E-state index in [4.69, 9.17) is 0 Å². The summed E-state index contributed by atoms with van der Waals surface area (Å²) in [6.45, 7) is 5.30. The van der Waals surface area contributed by atoms with Crippen LogP contribution in [-0.2, 0) is 0 Å². The third-order valence-corrected chi connectivity index (χ3v) is 7.51. The Hall–Kier alpha value is 0. The van der Waals surface area contributed by atoms with Crippen LogP contribution in [0.15, 0.2) is 0 Å². The van der Waals surface area contributed by atoms with Crippen molar-refractivity contribution in [3.8, 4) is 0 Å². The van der Waals surface area contributed by atoms with Gasteiger partial charge in [0.1, 0.15) is 0 Å². The van der Waals surface area contributed by atoms with Crippen LogP contribution in [0.2, 0.25) is 0 Å². The number of hydrogen-bond acceptors (Lipinski definition) is 0. The van der Waals surface area contributed by atoms with E-state index in [0.29, 0.717) is 5.41 Å². The van der Waals surface area contributed by atoms with Crippen LogP contribution in [0.25, 0.3) is 0 Å². The Bertz CT molecular complexity index is 328. The monoisotopic (exact) mass is 232 g/mol. The molecule has 0 aromatic rings. The molecule has 0 spiro atoms. The Morgan fingerprint density at radius 3 is 1.82 bits per heavy atom. The van der Waals surface area contributed by atoms with Crippen LogP contribution in [0.3, 0.4) is 0 Å². The maximum atomic E-state index is 2.65. The van der Waals surface area contributed by atoms with Crippen LogP contribution in [0, 0.1) is 28.1 Å². The molecule has 0 amide bonds. The number of hydrogen-bond donors (Lipinski definition) is 0. The molecule has 0 aromatic carbocycles. The van der Waals surface area contributed by atoms with Gasteiger partial charge in [0.15, 0.2) is 0 Å². The fourth-order valence-corrected chi connectivity index (χ4v) is 5.44. The van der Waals surface area contributed by atoms with Crippen molar-refractivity contribution in [1.29, 1.82) is 0 Å². The minimum Gasteiger partial charge on any atom is -0.0591 e. The van der Waals surface area contributed by atoms with Crippen LogP contribution in [0.1, 0.15) is 78.1 Å².